The molecule has 1 aromatic carbocycles. The highest BCUT2D eigenvalue weighted by Gasteiger charge is 2.32. The zero-order valence-corrected chi connectivity index (χ0v) is 11.2. The topological polar surface area (TPSA) is 62.4 Å². The second-order valence-corrected chi connectivity index (χ2v) is 5.10. The van der Waals surface area contributed by atoms with E-state index in [0.717, 1.165) is 5.56 Å². The van der Waals surface area contributed by atoms with Crippen molar-refractivity contribution in [2.24, 2.45) is 0 Å². The third-order valence-electron chi connectivity index (χ3n) is 3.54. The van der Waals surface area contributed by atoms with E-state index < -0.39 is 6.10 Å². The molecule has 1 aromatic heterocycles. The van der Waals surface area contributed by atoms with Gasteiger partial charge in [-0.2, -0.15) is 0 Å². The predicted molar refractivity (Wildman–Crippen MR) is 69.2 cm³/mol. The molecule has 5 nitrogen and oxygen atoms in total. The molecule has 3 rings (SSSR count). The molecule has 1 saturated heterocycles. The molecule has 6 heteroatoms. The molecular formula is C14H16FN3O2. The van der Waals surface area contributed by atoms with Crippen LogP contribution in [0.5, 0.6) is 0 Å². The van der Waals surface area contributed by atoms with Gasteiger partial charge in [-0.25, -0.2) is 4.39 Å². The highest BCUT2D eigenvalue weighted by Crippen LogP contribution is 2.33. The first-order valence-electron chi connectivity index (χ1n) is 6.58. The van der Waals surface area contributed by atoms with Crippen LogP contribution >= 0.6 is 0 Å². The van der Waals surface area contributed by atoms with Gasteiger partial charge in [0.15, 0.2) is 0 Å². The lowest BCUT2D eigenvalue weighted by molar-refractivity contribution is 0.167. The standard InChI is InChI=1S/C14H16FN3O2/c1-9-16-17-14(20-9)8-18-7-12(19)6-13(18)10-2-4-11(15)5-3-10/h2-5,12-13,19H,6-8H2,1H3/t12-,13+/m1/s1. The van der Waals surface area contributed by atoms with E-state index in [4.69, 9.17) is 4.42 Å². The van der Waals surface area contributed by atoms with Crippen molar-refractivity contribution in [1.29, 1.82) is 0 Å². The number of hydrogen-bond acceptors (Lipinski definition) is 5. The van der Waals surface area contributed by atoms with E-state index >= 15 is 0 Å². The summed E-state index contributed by atoms with van der Waals surface area (Å²) >= 11 is 0. The van der Waals surface area contributed by atoms with Gasteiger partial charge in [0.1, 0.15) is 5.82 Å². The van der Waals surface area contributed by atoms with Crippen molar-refractivity contribution < 1.29 is 13.9 Å². The van der Waals surface area contributed by atoms with E-state index in [1.807, 2.05) is 0 Å². The maximum absolute atomic E-state index is 13.0. The van der Waals surface area contributed by atoms with Gasteiger partial charge in [0.2, 0.25) is 11.8 Å². The second-order valence-electron chi connectivity index (χ2n) is 5.10. The normalized spacial score (nSPS) is 23.4. The number of aryl methyl sites for hydroxylation is 1. The minimum absolute atomic E-state index is 0.0396. The van der Waals surface area contributed by atoms with Crippen LogP contribution in [0.15, 0.2) is 28.7 Å². The van der Waals surface area contributed by atoms with Crippen LogP contribution < -0.4 is 0 Å². The van der Waals surface area contributed by atoms with E-state index in [-0.39, 0.29) is 11.9 Å². The summed E-state index contributed by atoms with van der Waals surface area (Å²) in [6.07, 6.45) is 0.229. The number of rotatable bonds is 3. The van der Waals surface area contributed by atoms with Crippen molar-refractivity contribution in [3.63, 3.8) is 0 Å². The summed E-state index contributed by atoms with van der Waals surface area (Å²) in [4.78, 5) is 2.07. The Morgan fingerprint density at radius 3 is 2.75 bits per heavy atom. The van der Waals surface area contributed by atoms with Crippen molar-refractivity contribution in [3.05, 3.63) is 47.4 Å². The quantitative estimate of drug-likeness (QED) is 0.927. The van der Waals surface area contributed by atoms with Crippen molar-refractivity contribution in [2.75, 3.05) is 6.54 Å². The Balaban J connectivity index is 1.79. The highest BCUT2D eigenvalue weighted by atomic mass is 19.1. The molecule has 2 aromatic rings. The van der Waals surface area contributed by atoms with Crippen molar-refractivity contribution in [1.82, 2.24) is 15.1 Å². The van der Waals surface area contributed by atoms with E-state index in [0.29, 0.717) is 31.3 Å². The van der Waals surface area contributed by atoms with Crippen LogP contribution in [0.4, 0.5) is 4.39 Å². The zero-order valence-electron chi connectivity index (χ0n) is 11.2. The maximum atomic E-state index is 13.0. The van der Waals surface area contributed by atoms with E-state index in [1.165, 1.54) is 12.1 Å². The Kier molecular flexibility index (Phi) is 3.50. The molecule has 0 saturated carbocycles. The summed E-state index contributed by atoms with van der Waals surface area (Å²) in [5.74, 6) is 0.799. The molecule has 20 heavy (non-hydrogen) atoms. The van der Waals surface area contributed by atoms with Crippen molar-refractivity contribution in [2.45, 2.75) is 32.0 Å². The third-order valence-corrected chi connectivity index (χ3v) is 3.54. The molecule has 106 valence electrons. The van der Waals surface area contributed by atoms with Crippen LogP contribution in [-0.2, 0) is 6.54 Å². The molecule has 0 aliphatic carbocycles. The summed E-state index contributed by atoms with van der Waals surface area (Å²) in [6, 6.07) is 6.43. The number of benzene rings is 1. The van der Waals surface area contributed by atoms with Gasteiger partial charge in [0.25, 0.3) is 0 Å². The van der Waals surface area contributed by atoms with Crippen LogP contribution in [0.3, 0.4) is 0 Å². The fraction of sp³-hybridized carbons (Fsp3) is 0.429. The first-order chi connectivity index (χ1) is 9.61. The Morgan fingerprint density at radius 2 is 2.10 bits per heavy atom. The largest absolute Gasteiger partial charge is 0.424 e. The van der Waals surface area contributed by atoms with Crippen LogP contribution in [0, 0.1) is 12.7 Å². The average Bonchev–Trinajstić information content (AvgIpc) is 2.97. The van der Waals surface area contributed by atoms with Gasteiger partial charge in [-0.05, 0) is 24.1 Å². The third kappa shape index (κ3) is 2.71. The van der Waals surface area contributed by atoms with E-state index in [1.54, 1.807) is 19.1 Å². The molecule has 0 bridgehead atoms. The lowest BCUT2D eigenvalue weighted by Gasteiger charge is -2.22. The number of aliphatic hydroxyl groups excluding tert-OH is 1. The monoisotopic (exact) mass is 277 g/mol. The molecule has 2 heterocycles. The Labute approximate surface area is 116 Å². The number of halogens is 1. The average molecular weight is 277 g/mol. The van der Waals surface area contributed by atoms with Gasteiger partial charge in [-0.1, -0.05) is 12.1 Å². The molecule has 1 aliphatic heterocycles. The molecule has 2 atom stereocenters. The zero-order chi connectivity index (χ0) is 14.1. The fourth-order valence-corrected chi connectivity index (χ4v) is 2.66. The molecule has 1 aliphatic rings. The predicted octanol–water partition coefficient (Wildman–Crippen LogP) is 1.83. The first-order valence-corrected chi connectivity index (χ1v) is 6.58. The molecule has 0 radical (unpaired) electrons. The van der Waals surface area contributed by atoms with Gasteiger partial charge in [0, 0.05) is 19.5 Å². The van der Waals surface area contributed by atoms with Crippen LogP contribution in [0.1, 0.15) is 29.8 Å². The molecular weight excluding hydrogens is 261 g/mol. The molecule has 1 N–H and O–H groups in total. The van der Waals surface area contributed by atoms with Crippen molar-refractivity contribution >= 4 is 0 Å². The highest BCUT2D eigenvalue weighted by molar-refractivity contribution is 5.21. The van der Waals surface area contributed by atoms with Gasteiger partial charge < -0.3 is 9.52 Å². The van der Waals surface area contributed by atoms with Gasteiger partial charge in [0.05, 0.1) is 12.6 Å². The molecule has 0 unspecified atom stereocenters. The smallest absolute Gasteiger partial charge is 0.230 e. The van der Waals surface area contributed by atoms with Crippen LogP contribution in [0.2, 0.25) is 0 Å². The SMILES string of the molecule is Cc1nnc(CN2C[C@H](O)C[C@H]2c2ccc(F)cc2)o1. The minimum Gasteiger partial charge on any atom is -0.424 e. The summed E-state index contributed by atoms with van der Waals surface area (Å²) < 4.78 is 18.4. The second kappa shape index (κ2) is 5.30. The Hall–Kier alpha value is -1.79. The molecule has 0 spiro atoms. The number of nitrogens with zero attached hydrogens (tertiary/aromatic N) is 3. The maximum Gasteiger partial charge on any atom is 0.230 e. The van der Waals surface area contributed by atoms with Crippen LogP contribution in [-0.4, -0.2) is 32.9 Å². The number of likely N-dealkylation sites (tertiary alicyclic amines) is 1. The molecule has 1 fully saturated rings. The summed E-state index contributed by atoms with van der Waals surface area (Å²) in [7, 11) is 0. The van der Waals surface area contributed by atoms with Gasteiger partial charge in [-0.15, -0.1) is 10.2 Å². The minimum atomic E-state index is -0.394. The van der Waals surface area contributed by atoms with Gasteiger partial charge >= 0.3 is 0 Å². The lowest BCUT2D eigenvalue weighted by Crippen LogP contribution is -2.24. The number of aliphatic hydroxyl groups is 1. The summed E-state index contributed by atoms with van der Waals surface area (Å²) in [5, 5.41) is 17.7. The van der Waals surface area contributed by atoms with E-state index in [9.17, 15) is 9.50 Å². The number of aromatic nitrogens is 2. The number of hydrogen-bond donors (Lipinski definition) is 1. The van der Waals surface area contributed by atoms with Gasteiger partial charge in [-0.3, -0.25) is 4.90 Å². The molecule has 0 amide bonds. The van der Waals surface area contributed by atoms with E-state index in [2.05, 4.69) is 15.1 Å². The Morgan fingerprint density at radius 1 is 1.35 bits per heavy atom. The number of β-amino-alcohol motifs (C(OH)–C–C–N with tert-alkyl or cyclic N) is 1. The fourth-order valence-electron chi connectivity index (χ4n) is 2.66. The Bertz CT molecular complexity index is 584. The lowest BCUT2D eigenvalue weighted by atomic mass is 10.0. The summed E-state index contributed by atoms with van der Waals surface area (Å²) in [5.41, 5.74) is 0.985. The van der Waals surface area contributed by atoms with Crippen molar-refractivity contribution in [3.8, 4) is 0 Å². The summed E-state index contributed by atoms with van der Waals surface area (Å²) in [6.45, 7) is 2.77. The first kappa shape index (κ1) is 13.2. The van der Waals surface area contributed by atoms with Crippen LogP contribution in [0.25, 0.3) is 0 Å².